The fourth-order valence-corrected chi connectivity index (χ4v) is 1.83. The normalized spacial score (nSPS) is 11.2. The van der Waals surface area contributed by atoms with Crippen LogP contribution in [-0.4, -0.2) is 18.4 Å². The van der Waals surface area contributed by atoms with E-state index < -0.39 is 5.41 Å². The highest BCUT2D eigenvalue weighted by molar-refractivity contribution is 6.30. The minimum absolute atomic E-state index is 0.0890. The molecule has 0 aliphatic heterocycles. The van der Waals surface area contributed by atoms with Crippen LogP contribution in [0.2, 0.25) is 5.02 Å². The third-order valence-corrected chi connectivity index (χ3v) is 3.78. The second-order valence-electron chi connectivity index (χ2n) is 5.30. The summed E-state index contributed by atoms with van der Waals surface area (Å²) in [6.45, 7) is 6.67. The van der Waals surface area contributed by atoms with Crippen LogP contribution < -0.4 is 10.1 Å². The van der Waals surface area contributed by atoms with Gasteiger partial charge in [0.25, 0.3) is 0 Å². The van der Waals surface area contributed by atoms with Gasteiger partial charge in [0.2, 0.25) is 5.91 Å². The monoisotopic (exact) mass is 317 g/mol. The van der Waals surface area contributed by atoms with Crippen molar-refractivity contribution in [2.75, 3.05) is 12.5 Å². The number of rotatable bonds is 7. The molecule has 3 nitrogen and oxygen atoms in total. The number of hydrogen-bond donors (Lipinski definition) is 1. The number of amides is 1. The molecule has 1 N–H and O–H groups in total. The first-order valence-electron chi connectivity index (χ1n) is 6.66. The summed E-state index contributed by atoms with van der Waals surface area (Å²) in [5.74, 6) is 0.933. The summed E-state index contributed by atoms with van der Waals surface area (Å²) in [6, 6.07) is 5.41. The van der Waals surface area contributed by atoms with Crippen molar-refractivity contribution in [3.05, 3.63) is 28.8 Å². The van der Waals surface area contributed by atoms with Crippen molar-refractivity contribution in [2.24, 2.45) is 5.41 Å². The van der Waals surface area contributed by atoms with E-state index in [1.54, 1.807) is 12.1 Å². The minimum atomic E-state index is -0.593. The van der Waals surface area contributed by atoms with Crippen molar-refractivity contribution in [3.8, 4) is 5.75 Å². The van der Waals surface area contributed by atoms with E-state index >= 15 is 0 Å². The number of halogens is 2. The van der Waals surface area contributed by atoms with E-state index in [1.165, 1.54) is 0 Å². The van der Waals surface area contributed by atoms with Gasteiger partial charge in [-0.3, -0.25) is 4.79 Å². The lowest BCUT2D eigenvalue weighted by Gasteiger charge is -2.21. The molecule has 20 heavy (non-hydrogen) atoms. The van der Waals surface area contributed by atoms with Crippen molar-refractivity contribution in [1.29, 1.82) is 0 Å². The van der Waals surface area contributed by atoms with Gasteiger partial charge < -0.3 is 10.1 Å². The molecule has 0 atom stereocenters. The van der Waals surface area contributed by atoms with Crippen LogP contribution in [-0.2, 0) is 11.3 Å². The Morgan fingerprint density at radius 3 is 2.70 bits per heavy atom. The van der Waals surface area contributed by atoms with E-state index in [9.17, 15) is 4.79 Å². The molecule has 0 heterocycles. The average Bonchev–Trinajstić information content (AvgIpc) is 2.43. The van der Waals surface area contributed by atoms with Gasteiger partial charge in [-0.15, -0.1) is 11.6 Å². The summed E-state index contributed by atoms with van der Waals surface area (Å²) in [7, 11) is 0. The SMILES string of the molecule is CCCOc1ccc(Cl)cc1CNC(=O)C(C)(C)CCl. The minimum Gasteiger partial charge on any atom is -0.493 e. The van der Waals surface area contributed by atoms with Gasteiger partial charge in [0.05, 0.1) is 12.0 Å². The lowest BCUT2D eigenvalue weighted by Crippen LogP contribution is -2.37. The number of carbonyl (C=O) groups excluding carboxylic acids is 1. The van der Waals surface area contributed by atoms with Crippen LogP contribution in [0, 0.1) is 5.41 Å². The van der Waals surface area contributed by atoms with E-state index in [2.05, 4.69) is 5.32 Å². The molecule has 0 unspecified atom stereocenters. The molecule has 112 valence electrons. The molecule has 0 aromatic heterocycles. The van der Waals surface area contributed by atoms with Crippen LogP contribution >= 0.6 is 23.2 Å². The molecular weight excluding hydrogens is 297 g/mol. The number of carbonyl (C=O) groups is 1. The molecule has 0 aliphatic rings. The number of ether oxygens (including phenoxy) is 1. The smallest absolute Gasteiger partial charge is 0.227 e. The largest absolute Gasteiger partial charge is 0.493 e. The van der Waals surface area contributed by atoms with Gasteiger partial charge >= 0.3 is 0 Å². The summed E-state index contributed by atoms with van der Waals surface area (Å²) in [5, 5.41) is 3.49. The molecule has 1 rings (SSSR count). The Morgan fingerprint density at radius 2 is 2.10 bits per heavy atom. The maximum atomic E-state index is 12.0. The maximum absolute atomic E-state index is 12.0. The maximum Gasteiger partial charge on any atom is 0.227 e. The lowest BCUT2D eigenvalue weighted by atomic mass is 9.95. The molecule has 1 amide bonds. The van der Waals surface area contributed by atoms with Gasteiger partial charge in [0.1, 0.15) is 5.75 Å². The van der Waals surface area contributed by atoms with Crippen LogP contribution in [0.4, 0.5) is 0 Å². The topological polar surface area (TPSA) is 38.3 Å². The van der Waals surface area contributed by atoms with Crippen LogP contribution in [0.3, 0.4) is 0 Å². The van der Waals surface area contributed by atoms with E-state index in [0.29, 0.717) is 18.2 Å². The van der Waals surface area contributed by atoms with Crippen molar-refractivity contribution < 1.29 is 9.53 Å². The number of alkyl halides is 1. The summed E-state index contributed by atoms with van der Waals surface area (Å²) < 4.78 is 5.65. The zero-order valence-corrected chi connectivity index (χ0v) is 13.6. The van der Waals surface area contributed by atoms with Gasteiger partial charge in [-0.25, -0.2) is 0 Å². The predicted octanol–water partition coefficient (Wildman–Crippen LogP) is 4.01. The first kappa shape index (κ1) is 17.1. The van der Waals surface area contributed by atoms with Crippen LogP contribution in [0.15, 0.2) is 18.2 Å². The van der Waals surface area contributed by atoms with Gasteiger partial charge in [-0.05, 0) is 38.5 Å². The second kappa shape index (κ2) is 7.75. The summed E-state index contributed by atoms with van der Waals surface area (Å²) in [4.78, 5) is 12.0. The highest BCUT2D eigenvalue weighted by atomic mass is 35.5. The molecule has 0 saturated heterocycles. The predicted molar refractivity (Wildman–Crippen MR) is 83.6 cm³/mol. The first-order valence-corrected chi connectivity index (χ1v) is 7.57. The standard InChI is InChI=1S/C15H21Cl2NO2/c1-4-7-20-13-6-5-12(17)8-11(13)9-18-14(19)15(2,3)10-16/h5-6,8H,4,7,9-10H2,1-3H3,(H,18,19). The number of benzene rings is 1. The Labute approximate surface area is 130 Å². The van der Waals surface area contributed by atoms with E-state index in [-0.39, 0.29) is 11.8 Å². The van der Waals surface area contributed by atoms with Crippen LogP contribution in [0.25, 0.3) is 0 Å². The first-order chi connectivity index (χ1) is 9.40. The fraction of sp³-hybridized carbons (Fsp3) is 0.533. The summed E-state index contributed by atoms with van der Waals surface area (Å²) in [6.07, 6.45) is 0.924. The second-order valence-corrected chi connectivity index (χ2v) is 6.00. The Morgan fingerprint density at radius 1 is 1.40 bits per heavy atom. The third-order valence-electron chi connectivity index (χ3n) is 2.87. The third kappa shape index (κ3) is 4.88. The number of hydrogen-bond acceptors (Lipinski definition) is 2. The van der Waals surface area contributed by atoms with Crippen molar-refractivity contribution >= 4 is 29.1 Å². The molecule has 0 aliphatic carbocycles. The van der Waals surface area contributed by atoms with Crippen LogP contribution in [0.5, 0.6) is 5.75 Å². The molecule has 5 heteroatoms. The van der Waals surface area contributed by atoms with Gasteiger partial charge in [-0.1, -0.05) is 18.5 Å². The molecule has 0 bridgehead atoms. The van der Waals surface area contributed by atoms with Gasteiger partial charge in [-0.2, -0.15) is 0 Å². The zero-order valence-electron chi connectivity index (χ0n) is 12.1. The van der Waals surface area contributed by atoms with Gasteiger partial charge in [0.15, 0.2) is 0 Å². The Kier molecular flexibility index (Phi) is 6.63. The zero-order chi connectivity index (χ0) is 15.2. The molecular formula is C15H21Cl2NO2. The van der Waals surface area contributed by atoms with Gasteiger partial charge in [0, 0.05) is 23.0 Å². The fourth-order valence-electron chi connectivity index (χ4n) is 1.51. The number of nitrogens with one attached hydrogen (secondary N) is 1. The Balaban J connectivity index is 2.75. The molecule has 0 radical (unpaired) electrons. The Bertz CT molecular complexity index is 461. The molecule has 0 fully saturated rings. The van der Waals surface area contributed by atoms with E-state index in [1.807, 2.05) is 26.8 Å². The Hall–Kier alpha value is -0.930. The summed E-state index contributed by atoms with van der Waals surface area (Å²) >= 11 is 11.8. The van der Waals surface area contributed by atoms with E-state index in [0.717, 1.165) is 17.7 Å². The highest BCUT2D eigenvalue weighted by Gasteiger charge is 2.26. The highest BCUT2D eigenvalue weighted by Crippen LogP contribution is 2.24. The van der Waals surface area contributed by atoms with E-state index in [4.69, 9.17) is 27.9 Å². The molecule has 0 saturated carbocycles. The quantitative estimate of drug-likeness (QED) is 0.772. The van der Waals surface area contributed by atoms with Crippen molar-refractivity contribution in [1.82, 2.24) is 5.32 Å². The average molecular weight is 318 g/mol. The van der Waals surface area contributed by atoms with Crippen molar-refractivity contribution in [3.63, 3.8) is 0 Å². The van der Waals surface area contributed by atoms with Crippen molar-refractivity contribution in [2.45, 2.75) is 33.7 Å². The molecule has 1 aromatic rings. The summed E-state index contributed by atoms with van der Waals surface area (Å²) in [5.41, 5.74) is 0.273. The lowest BCUT2D eigenvalue weighted by molar-refractivity contribution is -0.128. The molecule has 0 spiro atoms. The van der Waals surface area contributed by atoms with Crippen LogP contribution in [0.1, 0.15) is 32.8 Å². The molecule has 1 aromatic carbocycles.